The van der Waals surface area contributed by atoms with Crippen molar-refractivity contribution in [2.75, 3.05) is 18.8 Å². The molecule has 1 amide bonds. The maximum Gasteiger partial charge on any atom is 0.256 e. The maximum absolute atomic E-state index is 13.6. The molecule has 1 aliphatic heterocycles. The molecule has 92 valence electrons. The highest BCUT2D eigenvalue weighted by molar-refractivity contribution is 7.99. The molecule has 17 heavy (non-hydrogen) atoms. The monoisotopic (exact) mass is 273 g/mol. The number of carbonyl (C=O) groups is 1. The first-order valence-electron chi connectivity index (χ1n) is 5.44. The van der Waals surface area contributed by atoms with Gasteiger partial charge >= 0.3 is 0 Å². The number of rotatable bonds is 1. The zero-order valence-corrected chi connectivity index (χ0v) is 11.0. The van der Waals surface area contributed by atoms with Crippen LogP contribution in [0.3, 0.4) is 0 Å². The average Bonchev–Trinajstić information content (AvgIpc) is 2.28. The van der Waals surface area contributed by atoms with Gasteiger partial charge in [0.05, 0.1) is 5.56 Å². The molecule has 1 atom stereocenters. The molecule has 0 aliphatic carbocycles. The van der Waals surface area contributed by atoms with Crippen LogP contribution in [0.5, 0.6) is 0 Å². The molecule has 1 fully saturated rings. The van der Waals surface area contributed by atoms with Crippen molar-refractivity contribution < 1.29 is 9.18 Å². The molecule has 0 radical (unpaired) electrons. The number of hydrogen-bond acceptors (Lipinski definition) is 2. The van der Waals surface area contributed by atoms with Gasteiger partial charge in [-0.05, 0) is 18.2 Å². The Morgan fingerprint density at radius 2 is 2.35 bits per heavy atom. The molecule has 0 aromatic heterocycles. The van der Waals surface area contributed by atoms with Crippen LogP contribution in [0.15, 0.2) is 18.2 Å². The predicted molar refractivity (Wildman–Crippen MR) is 69.2 cm³/mol. The normalized spacial score (nSPS) is 20.4. The number of hydrogen-bond donors (Lipinski definition) is 0. The topological polar surface area (TPSA) is 20.3 Å². The van der Waals surface area contributed by atoms with Crippen molar-refractivity contribution in [2.24, 2.45) is 0 Å². The number of benzene rings is 1. The third-order valence-electron chi connectivity index (χ3n) is 2.69. The summed E-state index contributed by atoms with van der Waals surface area (Å²) in [6.07, 6.45) is 0. The van der Waals surface area contributed by atoms with E-state index in [4.69, 9.17) is 11.6 Å². The van der Waals surface area contributed by atoms with Crippen LogP contribution in [-0.2, 0) is 0 Å². The first-order chi connectivity index (χ1) is 8.08. The Morgan fingerprint density at radius 3 is 3.00 bits per heavy atom. The van der Waals surface area contributed by atoms with E-state index in [1.807, 2.05) is 11.8 Å². The molecule has 0 spiro atoms. The molecule has 2 nitrogen and oxygen atoms in total. The number of nitrogens with zero attached hydrogens (tertiary/aromatic N) is 1. The summed E-state index contributed by atoms with van der Waals surface area (Å²) in [6, 6.07) is 4.17. The molecule has 1 aromatic carbocycles. The van der Waals surface area contributed by atoms with Gasteiger partial charge < -0.3 is 4.90 Å². The quantitative estimate of drug-likeness (QED) is 0.784. The third kappa shape index (κ3) is 2.93. The van der Waals surface area contributed by atoms with Crippen LogP contribution in [-0.4, -0.2) is 34.9 Å². The molecular weight excluding hydrogens is 261 g/mol. The summed E-state index contributed by atoms with van der Waals surface area (Å²) in [6.45, 7) is 3.42. The standard InChI is InChI=1S/C12H13ClFNOS/c1-8-7-15(4-5-17-8)12(16)10-3-2-9(13)6-11(10)14/h2-3,6,8H,4-5,7H2,1H3/t8-/m0/s1. The lowest BCUT2D eigenvalue weighted by Crippen LogP contribution is -2.41. The Morgan fingerprint density at radius 1 is 1.59 bits per heavy atom. The number of carbonyl (C=O) groups excluding carboxylic acids is 1. The smallest absolute Gasteiger partial charge is 0.256 e. The molecule has 1 aliphatic rings. The van der Waals surface area contributed by atoms with Gasteiger partial charge in [-0.1, -0.05) is 18.5 Å². The number of amides is 1. The van der Waals surface area contributed by atoms with E-state index in [9.17, 15) is 9.18 Å². The number of thioether (sulfide) groups is 1. The van der Waals surface area contributed by atoms with Gasteiger partial charge in [-0.15, -0.1) is 0 Å². The molecule has 0 unspecified atom stereocenters. The van der Waals surface area contributed by atoms with E-state index >= 15 is 0 Å². The predicted octanol–water partition coefficient (Wildman–Crippen LogP) is 3.06. The van der Waals surface area contributed by atoms with E-state index in [-0.39, 0.29) is 11.5 Å². The molecule has 0 bridgehead atoms. The Hall–Kier alpha value is -0.740. The van der Waals surface area contributed by atoms with Gasteiger partial charge in [0.15, 0.2) is 0 Å². The lowest BCUT2D eigenvalue weighted by molar-refractivity contribution is 0.0758. The van der Waals surface area contributed by atoms with Gasteiger partial charge in [-0.2, -0.15) is 11.8 Å². The molecule has 0 N–H and O–H groups in total. The Bertz CT molecular complexity index is 441. The van der Waals surface area contributed by atoms with Gasteiger partial charge in [0, 0.05) is 29.1 Å². The Labute approximate surface area is 109 Å². The molecule has 1 aromatic rings. The van der Waals surface area contributed by atoms with Gasteiger partial charge in [-0.25, -0.2) is 4.39 Å². The van der Waals surface area contributed by atoms with Crippen molar-refractivity contribution in [3.05, 3.63) is 34.6 Å². The fourth-order valence-electron chi connectivity index (χ4n) is 1.84. The fraction of sp³-hybridized carbons (Fsp3) is 0.417. The van der Waals surface area contributed by atoms with Crippen molar-refractivity contribution in [3.63, 3.8) is 0 Å². The van der Waals surface area contributed by atoms with Crippen LogP contribution < -0.4 is 0 Å². The molecule has 1 saturated heterocycles. The van der Waals surface area contributed by atoms with Gasteiger partial charge in [0.25, 0.3) is 5.91 Å². The van der Waals surface area contributed by atoms with E-state index in [1.54, 1.807) is 11.0 Å². The van der Waals surface area contributed by atoms with Crippen LogP contribution in [0, 0.1) is 5.82 Å². The summed E-state index contributed by atoms with van der Waals surface area (Å²) in [5.74, 6) is 0.113. The second kappa shape index (κ2) is 5.27. The summed E-state index contributed by atoms with van der Waals surface area (Å²) in [7, 11) is 0. The highest BCUT2D eigenvalue weighted by Crippen LogP contribution is 2.21. The first kappa shape index (κ1) is 12.7. The Kier molecular flexibility index (Phi) is 3.94. The molecule has 5 heteroatoms. The summed E-state index contributed by atoms with van der Waals surface area (Å²) < 4.78 is 13.6. The summed E-state index contributed by atoms with van der Waals surface area (Å²) in [5.41, 5.74) is 0.105. The average molecular weight is 274 g/mol. The van der Waals surface area contributed by atoms with Crippen LogP contribution in [0.4, 0.5) is 4.39 Å². The minimum atomic E-state index is -0.548. The molecule has 0 saturated carbocycles. The lowest BCUT2D eigenvalue weighted by atomic mass is 10.2. The van der Waals surface area contributed by atoms with E-state index in [0.29, 0.717) is 23.4 Å². The van der Waals surface area contributed by atoms with Gasteiger partial charge in [0.2, 0.25) is 0 Å². The first-order valence-corrected chi connectivity index (χ1v) is 6.86. The zero-order chi connectivity index (χ0) is 12.4. The van der Waals surface area contributed by atoms with E-state index in [1.165, 1.54) is 12.1 Å². The van der Waals surface area contributed by atoms with Crippen molar-refractivity contribution >= 4 is 29.3 Å². The SMILES string of the molecule is C[C@H]1CN(C(=O)c2ccc(Cl)cc2F)CCS1. The molecular formula is C12H13ClFNOS. The summed E-state index contributed by atoms with van der Waals surface area (Å²) in [4.78, 5) is 13.8. The van der Waals surface area contributed by atoms with Crippen LogP contribution in [0.2, 0.25) is 5.02 Å². The lowest BCUT2D eigenvalue weighted by Gasteiger charge is -2.30. The number of halogens is 2. The third-order valence-corrected chi connectivity index (χ3v) is 4.06. The van der Waals surface area contributed by atoms with Crippen molar-refractivity contribution in [1.29, 1.82) is 0 Å². The van der Waals surface area contributed by atoms with Crippen LogP contribution in [0.25, 0.3) is 0 Å². The largest absolute Gasteiger partial charge is 0.337 e. The summed E-state index contributed by atoms with van der Waals surface area (Å²) in [5, 5.41) is 0.713. The van der Waals surface area contributed by atoms with Crippen LogP contribution in [0.1, 0.15) is 17.3 Å². The zero-order valence-electron chi connectivity index (χ0n) is 9.45. The second-order valence-corrected chi connectivity index (χ2v) is 6.04. The van der Waals surface area contributed by atoms with Gasteiger partial charge in [0.1, 0.15) is 5.82 Å². The van der Waals surface area contributed by atoms with Crippen molar-refractivity contribution in [3.8, 4) is 0 Å². The fourth-order valence-corrected chi connectivity index (χ4v) is 3.01. The van der Waals surface area contributed by atoms with Crippen LogP contribution >= 0.6 is 23.4 Å². The van der Waals surface area contributed by atoms with E-state index < -0.39 is 5.82 Å². The highest BCUT2D eigenvalue weighted by atomic mass is 35.5. The maximum atomic E-state index is 13.6. The minimum Gasteiger partial charge on any atom is -0.337 e. The van der Waals surface area contributed by atoms with E-state index in [2.05, 4.69) is 6.92 Å². The Balaban J connectivity index is 2.18. The minimum absolute atomic E-state index is 0.105. The van der Waals surface area contributed by atoms with Crippen molar-refractivity contribution in [2.45, 2.75) is 12.2 Å². The molecule has 2 rings (SSSR count). The van der Waals surface area contributed by atoms with Crippen molar-refractivity contribution in [1.82, 2.24) is 4.90 Å². The highest BCUT2D eigenvalue weighted by Gasteiger charge is 2.24. The van der Waals surface area contributed by atoms with E-state index in [0.717, 1.165) is 5.75 Å². The summed E-state index contributed by atoms with van der Waals surface area (Å²) >= 11 is 7.49. The van der Waals surface area contributed by atoms with Gasteiger partial charge in [-0.3, -0.25) is 4.79 Å². The second-order valence-electron chi connectivity index (χ2n) is 4.06. The molecule has 1 heterocycles.